The molecule has 0 aromatic heterocycles. The highest BCUT2D eigenvalue weighted by Crippen LogP contribution is 2.23. The van der Waals surface area contributed by atoms with Crippen molar-refractivity contribution in [3.05, 3.63) is 29.3 Å². The zero-order valence-corrected chi connectivity index (χ0v) is 14.6. The van der Waals surface area contributed by atoms with Crippen LogP contribution >= 0.6 is 0 Å². The number of nitrogens with zero attached hydrogens (tertiary/aromatic N) is 1. The van der Waals surface area contributed by atoms with Gasteiger partial charge in [-0.2, -0.15) is 0 Å². The summed E-state index contributed by atoms with van der Waals surface area (Å²) in [5, 5.41) is 3.01. The van der Waals surface area contributed by atoms with Crippen LogP contribution < -0.4 is 5.32 Å². The minimum atomic E-state index is -0.374. The highest BCUT2D eigenvalue weighted by atomic mass is 16.2. The standard InChI is InChI=1S/C18H28N2O2/c1-7-14-10-9-11-15(8-2)17(14)19-16(22)12-20(13(3)21)18(4,5)6/h9-11H,7-8,12H2,1-6H3,(H,19,22). The van der Waals surface area contributed by atoms with Crippen LogP contribution in [0.2, 0.25) is 0 Å². The number of anilines is 1. The van der Waals surface area contributed by atoms with Gasteiger partial charge in [0, 0.05) is 18.2 Å². The molecule has 0 atom stereocenters. The van der Waals surface area contributed by atoms with Crippen molar-refractivity contribution in [2.75, 3.05) is 11.9 Å². The molecular formula is C18H28N2O2. The Hall–Kier alpha value is -1.84. The zero-order valence-electron chi connectivity index (χ0n) is 14.6. The molecule has 0 fully saturated rings. The van der Waals surface area contributed by atoms with Crippen molar-refractivity contribution in [1.29, 1.82) is 0 Å². The second-order valence-corrected chi connectivity index (χ2v) is 6.48. The molecular weight excluding hydrogens is 276 g/mol. The molecule has 0 saturated carbocycles. The normalized spacial score (nSPS) is 11.2. The monoisotopic (exact) mass is 304 g/mol. The summed E-state index contributed by atoms with van der Waals surface area (Å²) in [6.07, 6.45) is 1.72. The Morgan fingerprint density at radius 3 is 1.95 bits per heavy atom. The maximum atomic E-state index is 12.4. The fourth-order valence-corrected chi connectivity index (χ4v) is 2.55. The molecule has 2 amide bonds. The second kappa shape index (κ2) is 7.43. The van der Waals surface area contributed by atoms with Gasteiger partial charge in [-0.3, -0.25) is 9.59 Å². The molecule has 22 heavy (non-hydrogen) atoms. The molecule has 4 heteroatoms. The van der Waals surface area contributed by atoms with Crippen LogP contribution in [0.1, 0.15) is 52.7 Å². The summed E-state index contributed by atoms with van der Waals surface area (Å²) in [4.78, 5) is 25.8. The number of hydrogen-bond acceptors (Lipinski definition) is 2. The average molecular weight is 304 g/mol. The first-order chi connectivity index (χ1) is 10.2. The summed E-state index contributed by atoms with van der Waals surface area (Å²) < 4.78 is 0. The van der Waals surface area contributed by atoms with Crippen LogP contribution in [-0.4, -0.2) is 28.8 Å². The molecule has 122 valence electrons. The quantitative estimate of drug-likeness (QED) is 0.906. The van der Waals surface area contributed by atoms with Crippen LogP contribution in [0.3, 0.4) is 0 Å². The van der Waals surface area contributed by atoms with Crippen molar-refractivity contribution < 1.29 is 9.59 Å². The molecule has 0 aliphatic carbocycles. The van der Waals surface area contributed by atoms with E-state index in [2.05, 4.69) is 19.2 Å². The van der Waals surface area contributed by atoms with E-state index >= 15 is 0 Å². The maximum Gasteiger partial charge on any atom is 0.244 e. The fourth-order valence-electron chi connectivity index (χ4n) is 2.55. The van der Waals surface area contributed by atoms with Gasteiger partial charge in [-0.15, -0.1) is 0 Å². The number of rotatable bonds is 5. The third kappa shape index (κ3) is 4.58. The number of amides is 2. The SMILES string of the molecule is CCc1cccc(CC)c1NC(=O)CN(C(C)=O)C(C)(C)C. The molecule has 1 aromatic rings. The second-order valence-electron chi connectivity index (χ2n) is 6.48. The third-order valence-electron chi connectivity index (χ3n) is 3.75. The predicted octanol–water partition coefficient (Wildman–Crippen LogP) is 3.40. The van der Waals surface area contributed by atoms with Gasteiger partial charge in [0.15, 0.2) is 0 Å². The molecule has 1 aromatic carbocycles. The molecule has 0 unspecified atom stereocenters. The van der Waals surface area contributed by atoms with Crippen molar-refractivity contribution in [2.45, 2.75) is 59.9 Å². The first kappa shape index (κ1) is 18.2. The van der Waals surface area contributed by atoms with Crippen LogP contribution in [0, 0.1) is 0 Å². The van der Waals surface area contributed by atoms with Gasteiger partial charge < -0.3 is 10.2 Å². The maximum absolute atomic E-state index is 12.4. The molecule has 0 radical (unpaired) electrons. The average Bonchev–Trinajstić information content (AvgIpc) is 2.43. The molecule has 0 saturated heterocycles. The van der Waals surface area contributed by atoms with E-state index in [1.165, 1.54) is 6.92 Å². The molecule has 1 N–H and O–H groups in total. The van der Waals surface area contributed by atoms with Crippen LogP contribution in [0.4, 0.5) is 5.69 Å². The first-order valence-electron chi connectivity index (χ1n) is 7.89. The van der Waals surface area contributed by atoms with Crippen molar-refractivity contribution in [3.63, 3.8) is 0 Å². The Kier molecular flexibility index (Phi) is 6.15. The molecule has 1 rings (SSSR count). The van der Waals surface area contributed by atoms with Crippen LogP contribution in [-0.2, 0) is 22.4 Å². The zero-order chi connectivity index (χ0) is 16.9. The predicted molar refractivity (Wildman–Crippen MR) is 91.0 cm³/mol. The highest BCUT2D eigenvalue weighted by molar-refractivity contribution is 5.95. The van der Waals surface area contributed by atoms with Crippen LogP contribution in [0.15, 0.2) is 18.2 Å². The number of para-hydroxylation sites is 1. The third-order valence-corrected chi connectivity index (χ3v) is 3.75. The van der Waals surface area contributed by atoms with E-state index in [-0.39, 0.29) is 23.9 Å². The number of hydrogen-bond donors (Lipinski definition) is 1. The molecule has 0 spiro atoms. The summed E-state index contributed by atoms with van der Waals surface area (Å²) in [7, 11) is 0. The van der Waals surface area contributed by atoms with Crippen molar-refractivity contribution in [3.8, 4) is 0 Å². The van der Waals surface area contributed by atoms with E-state index in [0.29, 0.717) is 0 Å². The number of carbonyl (C=O) groups excluding carboxylic acids is 2. The molecule has 0 aliphatic heterocycles. The van der Waals surface area contributed by atoms with E-state index in [9.17, 15) is 9.59 Å². The number of carbonyl (C=O) groups is 2. The van der Waals surface area contributed by atoms with E-state index in [0.717, 1.165) is 29.7 Å². The smallest absolute Gasteiger partial charge is 0.244 e. The largest absolute Gasteiger partial charge is 0.329 e. The summed E-state index contributed by atoms with van der Waals surface area (Å²) >= 11 is 0. The van der Waals surface area contributed by atoms with Crippen molar-refractivity contribution in [1.82, 2.24) is 4.90 Å². The first-order valence-corrected chi connectivity index (χ1v) is 7.89. The van der Waals surface area contributed by atoms with E-state index in [1.807, 2.05) is 39.0 Å². The lowest BCUT2D eigenvalue weighted by molar-refractivity contribution is -0.137. The Labute approximate surface area is 133 Å². The fraction of sp³-hybridized carbons (Fsp3) is 0.556. The lowest BCUT2D eigenvalue weighted by atomic mass is 10.0. The lowest BCUT2D eigenvalue weighted by Gasteiger charge is -2.34. The molecule has 0 heterocycles. The van der Waals surface area contributed by atoms with Crippen molar-refractivity contribution in [2.24, 2.45) is 0 Å². The van der Waals surface area contributed by atoms with E-state index in [4.69, 9.17) is 0 Å². The van der Waals surface area contributed by atoms with E-state index in [1.54, 1.807) is 4.90 Å². The van der Waals surface area contributed by atoms with Gasteiger partial charge >= 0.3 is 0 Å². The van der Waals surface area contributed by atoms with Gasteiger partial charge in [0.2, 0.25) is 11.8 Å². The summed E-state index contributed by atoms with van der Waals surface area (Å²) in [6.45, 7) is 11.5. The summed E-state index contributed by atoms with van der Waals surface area (Å²) in [5.74, 6) is -0.247. The Morgan fingerprint density at radius 2 is 1.59 bits per heavy atom. The van der Waals surface area contributed by atoms with Crippen molar-refractivity contribution >= 4 is 17.5 Å². The minimum Gasteiger partial charge on any atom is -0.329 e. The summed E-state index contributed by atoms with van der Waals surface area (Å²) in [5.41, 5.74) is 2.77. The van der Waals surface area contributed by atoms with Gasteiger partial charge in [-0.1, -0.05) is 32.0 Å². The van der Waals surface area contributed by atoms with Gasteiger partial charge in [-0.25, -0.2) is 0 Å². The van der Waals surface area contributed by atoms with Gasteiger partial charge in [0.1, 0.15) is 6.54 Å². The minimum absolute atomic E-state index is 0.0695. The Morgan fingerprint density at radius 1 is 1.09 bits per heavy atom. The molecule has 0 bridgehead atoms. The van der Waals surface area contributed by atoms with Gasteiger partial charge in [0.25, 0.3) is 0 Å². The van der Waals surface area contributed by atoms with Gasteiger partial charge in [-0.05, 0) is 44.7 Å². The number of aryl methyl sites for hydroxylation is 2. The lowest BCUT2D eigenvalue weighted by Crippen LogP contribution is -2.48. The highest BCUT2D eigenvalue weighted by Gasteiger charge is 2.26. The summed E-state index contributed by atoms with van der Waals surface area (Å²) in [6, 6.07) is 6.08. The number of nitrogens with one attached hydrogen (secondary N) is 1. The van der Waals surface area contributed by atoms with E-state index < -0.39 is 0 Å². The Bertz CT molecular complexity index is 522. The van der Waals surface area contributed by atoms with Gasteiger partial charge in [0.05, 0.1) is 0 Å². The van der Waals surface area contributed by atoms with Crippen LogP contribution in [0.25, 0.3) is 0 Å². The molecule has 4 nitrogen and oxygen atoms in total. The topological polar surface area (TPSA) is 49.4 Å². The molecule has 0 aliphatic rings. The van der Waals surface area contributed by atoms with Crippen LogP contribution in [0.5, 0.6) is 0 Å². The Balaban J connectivity index is 2.96. The number of benzene rings is 1.